The lowest BCUT2D eigenvalue weighted by molar-refractivity contribution is 0.0780. The van der Waals surface area contributed by atoms with Crippen molar-refractivity contribution in [1.82, 2.24) is 4.90 Å². The molecule has 0 heterocycles. The van der Waals surface area contributed by atoms with Gasteiger partial charge in [-0.2, -0.15) is 0 Å². The predicted octanol–water partition coefficient (Wildman–Crippen LogP) is 1.47. The summed E-state index contributed by atoms with van der Waals surface area (Å²) in [6.45, 7) is 12.2. The summed E-state index contributed by atoms with van der Waals surface area (Å²) in [7, 11) is 0. The van der Waals surface area contributed by atoms with Gasteiger partial charge in [0.1, 0.15) is 0 Å². The summed E-state index contributed by atoms with van der Waals surface area (Å²) in [4.78, 5) is 2.43. The SMILES string of the molecule is CC(C)N(CCOCCCN)C(C)C. The molecular formula is C11H26N2O. The van der Waals surface area contributed by atoms with Gasteiger partial charge in [-0.15, -0.1) is 0 Å². The molecule has 2 N–H and O–H groups in total. The monoisotopic (exact) mass is 202 g/mol. The van der Waals surface area contributed by atoms with E-state index in [2.05, 4.69) is 32.6 Å². The van der Waals surface area contributed by atoms with Gasteiger partial charge in [0.25, 0.3) is 0 Å². The minimum absolute atomic E-state index is 0.591. The zero-order chi connectivity index (χ0) is 11.0. The van der Waals surface area contributed by atoms with Gasteiger partial charge in [0.2, 0.25) is 0 Å². The fourth-order valence-corrected chi connectivity index (χ4v) is 1.57. The van der Waals surface area contributed by atoms with Crippen LogP contribution in [0.1, 0.15) is 34.1 Å². The Hall–Kier alpha value is -0.120. The number of nitrogens with zero attached hydrogens (tertiary/aromatic N) is 1. The standard InChI is InChI=1S/C11H26N2O/c1-10(2)13(11(3)4)7-9-14-8-5-6-12/h10-11H,5-9,12H2,1-4H3. The Morgan fingerprint density at radius 2 is 1.64 bits per heavy atom. The molecule has 86 valence electrons. The largest absolute Gasteiger partial charge is 0.380 e. The number of hydrogen-bond acceptors (Lipinski definition) is 3. The Bertz CT molecular complexity index is 118. The van der Waals surface area contributed by atoms with Crippen molar-refractivity contribution in [3.05, 3.63) is 0 Å². The van der Waals surface area contributed by atoms with E-state index >= 15 is 0 Å². The zero-order valence-corrected chi connectivity index (χ0v) is 10.1. The van der Waals surface area contributed by atoms with E-state index in [1.165, 1.54) is 0 Å². The van der Waals surface area contributed by atoms with Gasteiger partial charge in [0.15, 0.2) is 0 Å². The van der Waals surface area contributed by atoms with Crippen LogP contribution in [-0.4, -0.2) is 43.3 Å². The topological polar surface area (TPSA) is 38.5 Å². The molecular weight excluding hydrogens is 176 g/mol. The van der Waals surface area contributed by atoms with Crippen LogP contribution in [0, 0.1) is 0 Å². The van der Waals surface area contributed by atoms with Crippen LogP contribution in [0.5, 0.6) is 0 Å². The molecule has 0 atom stereocenters. The highest BCUT2D eigenvalue weighted by Crippen LogP contribution is 2.03. The van der Waals surface area contributed by atoms with Crippen molar-refractivity contribution < 1.29 is 4.74 Å². The molecule has 0 amide bonds. The molecule has 0 saturated carbocycles. The molecule has 3 nitrogen and oxygen atoms in total. The van der Waals surface area contributed by atoms with Crippen molar-refractivity contribution in [2.24, 2.45) is 5.73 Å². The second kappa shape index (κ2) is 8.21. The normalized spacial score (nSPS) is 12.0. The summed E-state index contributed by atoms with van der Waals surface area (Å²) in [5.41, 5.74) is 5.38. The first-order valence-electron chi connectivity index (χ1n) is 5.63. The lowest BCUT2D eigenvalue weighted by Gasteiger charge is -2.30. The lowest BCUT2D eigenvalue weighted by atomic mass is 10.2. The molecule has 0 unspecified atom stereocenters. The summed E-state index contributed by atoms with van der Waals surface area (Å²) >= 11 is 0. The molecule has 0 saturated heterocycles. The lowest BCUT2D eigenvalue weighted by Crippen LogP contribution is -2.39. The smallest absolute Gasteiger partial charge is 0.0593 e. The quantitative estimate of drug-likeness (QED) is 0.606. The van der Waals surface area contributed by atoms with Crippen LogP contribution in [0.4, 0.5) is 0 Å². The molecule has 3 heteroatoms. The summed E-state index contributed by atoms with van der Waals surface area (Å²) in [5.74, 6) is 0. The Balaban J connectivity index is 3.52. The first kappa shape index (κ1) is 13.9. The van der Waals surface area contributed by atoms with Crippen LogP contribution in [-0.2, 0) is 4.74 Å². The summed E-state index contributed by atoms with van der Waals surface area (Å²) in [6.07, 6.45) is 0.962. The summed E-state index contributed by atoms with van der Waals surface area (Å²) in [6, 6.07) is 1.18. The fraction of sp³-hybridized carbons (Fsp3) is 1.00. The molecule has 0 bridgehead atoms. The highest BCUT2D eigenvalue weighted by Gasteiger charge is 2.12. The average molecular weight is 202 g/mol. The van der Waals surface area contributed by atoms with E-state index in [0.29, 0.717) is 12.1 Å². The van der Waals surface area contributed by atoms with E-state index in [0.717, 1.165) is 32.7 Å². The van der Waals surface area contributed by atoms with Gasteiger partial charge in [-0.1, -0.05) is 0 Å². The summed E-state index contributed by atoms with van der Waals surface area (Å²) in [5, 5.41) is 0. The fourth-order valence-electron chi connectivity index (χ4n) is 1.57. The van der Waals surface area contributed by atoms with Crippen LogP contribution in [0.2, 0.25) is 0 Å². The highest BCUT2D eigenvalue weighted by atomic mass is 16.5. The first-order chi connectivity index (χ1) is 6.59. The third-order valence-electron chi connectivity index (χ3n) is 2.31. The van der Waals surface area contributed by atoms with E-state index in [9.17, 15) is 0 Å². The number of nitrogens with two attached hydrogens (primary N) is 1. The molecule has 0 aromatic rings. The van der Waals surface area contributed by atoms with Crippen molar-refractivity contribution in [2.45, 2.75) is 46.2 Å². The van der Waals surface area contributed by atoms with Crippen LogP contribution >= 0.6 is 0 Å². The molecule has 0 aliphatic rings. The second-order valence-corrected chi connectivity index (χ2v) is 4.18. The van der Waals surface area contributed by atoms with Crippen molar-refractivity contribution in [2.75, 3.05) is 26.3 Å². The van der Waals surface area contributed by atoms with Gasteiger partial charge in [-0.05, 0) is 40.7 Å². The molecule has 0 aliphatic heterocycles. The Morgan fingerprint density at radius 3 is 2.07 bits per heavy atom. The van der Waals surface area contributed by atoms with E-state index in [-0.39, 0.29) is 0 Å². The van der Waals surface area contributed by atoms with Crippen LogP contribution < -0.4 is 5.73 Å². The maximum absolute atomic E-state index is 5.48. The third-order valence-corrected chi connectivity index (χ3v) is 2.31. The van der Waals surface area contributed by atoms with Gasteiger partial charge in [0.05, 0.1) is 6.61 Å². The zero-order valence-electron chi connectivity index (χ0n) is 10.1. The summed E-state index contributed by atoms with van der Waals surface area (Å²) < 4.78 is 5.48. The average Bonchev–Trinajstić information content (AvgIpc) is 2.09. The highest BCUT2D eigenvalue weighted by molar-refractivity contribution is 4.66. The molecule has 14 heavy (non-hydrogen) atoms. The second-order valence-electron chi connectivity index (χ2n) is 4.18. The minimum Gasteiger partial charge on any atom is -0.380 e. The van der Waals surface area contributed by atoms with Crippen LogP contribution in [0.15, 0.2) is 0 Å². The van der Waals surface area contributed by atoms with Gasteiger partial charge in [0, 0.05) is 25.2 Å². The molecule has 0 aromatic heterocycles. The minimum atomic E-state index is 0.591. The molecule has 0 fully saturated rings. The molecule has 0 aliphatic carbocycles. The predicted molar refractivity (Wildman–Crippen MR) is 61.5 cm³/mol. The van der Waals surface area contributed by atoms with Gasteiger partial charge < -0.3 is 10.5 Å². The van der Waals surface area contributed by atoms with Crippen molar-refractivity contribution in [1.29, 1.82) is 0 Å². The molecule has 0 radical (unpaired) electrons. The molecule has 0 spiro atoms. The Kier molecular flexibility index (Phi) is 8.14. The van der Waals surface area contributed by atoms with E-state index in [1.807, 2.05) is 0 Å². The van der Waals surface area contributed by atoms with Crippen molar-refractivity contribution >= 4 is 0 Å². The van der Waals surface area contributed by atoms with Crippen molar-refractivity contribution in [3.63, 3.8) is 0 Å². The number of hydrogen-bond donors (Lipinski definition) is 1. The third kappa shape index (κ3) is 6.35. The molecule has 0 rings (SSSR count). The first-order valence-corrected chi connectivity index (χ1v) is 5.63. The van der Waals surface area contributed by atoms with Crippen molar-refractivity contribution in [3.8, 4) is 0 Å². The maximum Gasteiger partial charge on any atom is 0.0593 e. The van der Waals surface area contributed by atoms with Crippen LogP contribution in [0.3, 0.4) is 0 Å². The van der Waals surface area contributed by atoms with Crippen LogP contribution in [0.25, 0.3) is 0 Å². The maximum atomic E-state index is 5.48. The molecule has 0 aromatic carbocycles. The van der Waals surface area contributed by atoms with Gasteiger partial charge in [-0.25, -0.2) is 0 Å². The van der Waals surface area contributed by atoms with E-state index in [4.69, 9.17) is 10.5 Å². The Morgan fingerprint density at radius 1 is 1.07 bits per heavy atom. The number of rotatable bonds is 8. The van der Waals surface area contributed by atoms with E-state index < -0.39 is 0 Å². The van der Waals surface area contributed by atoms with E-state index in [1.54, 1.807) is 0 Å². The Labute approximate surface area is 88.6 Å². The number of ether oxygens (including phenoxy) is 1. The van der Waals surface area contributed by atoms with Gasteiger partial charge in [-0.3, -0.25) is 4.90 Å². The van der Waals surface area contributed by atoms with Gasteiger partial charge >= 0.3 is 0 Å².